The number of hydrogen-bond donors (Lipinski definition) is 2. The van der Waals surface area contributed by atoms with Crippen LogP contribution in [0.1, 0.15) is 70.5 Å². The van der Waals surface area contributed by atoms with Crippen molar-refractivity contribution in [3.63, 3.8) is 0 Å². The van der Waals surface area contributed by atoms with Crippen LogP contribution < -0.4 is 15.5 Å². The number of benzene rings is 2. The number of fused-ring (bicyclic) bond motifs is 4. The van der Waals surface area contributed by atoms with E-state index in [2.05, 4.69) is 62.3 Å². The molecular formula is C39H39ClN8O2S. The number of hydrogen-bond acceptors (Lipinski definition) is 8. The molecular weight excluding hydrogens is 680 g/mol. The van der Waals surface area contributed by atoms with E-state index in [1.165, 1.54) is 10.4 Å². The number of rotatable bonds is 8. The first-order chi connectivity index (χ1) is 24.7. The van der Waals surface area contributed by atoms with Crippen molar-refractivity contribution >= 4 is 52.0 Å². The van der Waals surface area contributed by atoms with Gasteiger partial charge in [-0.1, -0.05) is 29.8 Å². The van der Waals surface area contributed by atoms with E-state index in [9.17, 15) is 9.59 Å². The fourth-order valence-corrected chi connectivity index (χ4v) is 8.74. The minimum atomic E-state index is -0.484. The van der Waals surface area contributed by atoms with Crippen LogP contribution in [0.15, 0.2) is 65.8 Å². The third-order valence-corrected chi connectivity index (χ3v) is 11.8. The molecule has 3 aromatic heterocycles. The molecule has 2 N–H and O–H groups in total. The monoisotopic (exact) mass is 718 g/mol. The number of amides is 2. The van der Waals surface area contributed by atoms with Gasteiger partial charge in [0.25, 0.3) is 0 Å². The number of thiophene rings is 1. The van der Waals surface area contributed by atoms with Crippen molar-refractivity contribution in [1.82, 2.24) is 25.1 Å². The Morgan fingerprint density at radius 1 is 1.00 bits per heavy atom. The molecule has 8 rings (SSSR count). The van der Waals surface area contributed by atoms with Crippen LogP contribution in [0.2, 0.25) is 5.02 Å². The SMILES string of the molecule is Cc1sc2c(c1C)C(c1ccc(Cl)cc1)=N[C@@H](CC(=O)NCCC1CCN(c3ccc(-c4ccc5c(c4)CC(=O)N5)cn3)CC1)c1nnc(C)n1-2. The van der Waals surface area contributed by atoms with E-state index in [-0.39, 0.29) is 18.2 Å². The lowest BCUT2D eigenvalue weighted by Crippen LogP contribution is -2.35. The maximum Gasteiger partial charge on any atom is 0.228 e. The Hall–Kier alpha value is -4.87. The summed E-state index contributed by atoms with van der Waals surface area (Å²) in [5.74, 6) is 2.97. The fourth-order valence-electron chi connectivity index (χ4n) is 7.40. The molecule has 0 saturated carbocycles. The second kappa shape index (κ2) is 13.7. The molecule has 2 amide bonds. The third kappa shape index (κ3) is 6.56. The number of aromatic nitrogens is 4. The molecule has 0 bridgehead atoms. The van der Waals surface area contributed by atoms with Crippen molar-refractivity contribution in [2.24, 2.45) is 10.9 Å². The van der Waals surface area contributed by atoms with Gasteiger partial charge < -0.3 is 15.5 Å². The number of piperidine rings is 1. The van der Waals surface area contributed by atoms with Crippen LogP contribution in [0.3, 0.4) is 0 Å². The molecule has 3 aliphatic heterocycles. The van der Waals surface area contributed by atoms with Crippen LogP contribution in [-0.4, -0.2) is 56.9 Å². The molecule has 1 saturated heterocycles. The highest BCUT2D eigenvalue weighted by Crippen LogP contribution is 2.40. The Morgan fingerprint density at radius 2 is 1.76 bits per heavy atom. The number of carbonyl (C=O) groups excluding carboxylic acids is 2. The van der Waals surface area contributed by atoms with Crippen LogP contribution in [0.4, 0.5) is 11.5 Å². The Balaban J connectivity index is 0.884. The van der Waals surface area contributed by atoms with Gasteiger partial charge in [-0.3, -0.25) is 19.1 Å². The normalized spacial score (nSPS) is 16.9. The molecule has 0 unspecified atom stereocenters. The van der Waals surface area contributed by atoms with Crippen LogP contribution >= 0.6 is 22.9 Å². The maximum atomic E-state index is 13.5. The number of anilines is 2. The molecule has 5 aromatic rings. The average molecular weight is 719 g/mol. The highest BCUT2D eigenvalue weighted by molar-refractivity contribution is 7.15. The minimum absolute atomic E-state index is 0.0411. The summed E-state index contributed by atoms with van der Waals surface area (Å²) >= 11 is 7.95. The van der Waals surface area contributed by atoms with Gasteiger partial charge in [-0.05, 0) is 99.0 Å². The van der Waals surface area contributed by atoms with Crippen molar-refractivity contribution in [3.05, 3.63) is 105 Å². The summed E-state index contributed by atoms with van der Waals surface area (Å²) in [5, 5.41) is 16.7. The summed E-state index contributed by atoms with van der Waals surface area (Å²) in [6.07, 6.45) is 5.55. The zero-order chi connectivity index (χ0) is 35.2. The second-order valence-electron chi connectivity index (χ2n) is 13.7. The molecule has 0 spiro atoms. The average Bonchev–Trinajstić information content (AvgIpc) is 3.77. The number of nitrogens with one attached hydrogen (secondary N) is 2. The van der Waals surface area contributed by atoms with Gasteiger partial charge in [-0.15, -0.1) is 21.5 Å². The first kappa shape index (κ1) is 33.3. The predicted octanol–water partition coefficient (Wildman–Crippen LogP) is 7.17. The number of carbonyl (C=O) groups is 2. The summed E-state index contributed by atoms with van der Waals surface area (Å²) < 4.78 is 2.08. The van der Waals surface area contributed by atoms with Crippen LogP contribution in [0.25, 0.3) is 16.1 Å². The van der Waals surface area contributed by atoms with E-state index in [0.717, 1.165) is 88.2 Å². The van der Waals surface area contributed by atoms with Gasteiger partial charge in [-0.2, -0.15) is 0 Å². The molecule has 0 radical (unpaired) electrons. The van der Waals surface area contributed by atoms with E-state index in [0.29, 0.717) is 29.7 Å². The molecule has 1 fully saturated rings. The molecule has 260 valence electrons. The smallest absolute Gasteiger partial charge is 0.228 e. The largest absolute Gasteiger partial charge is 0.357 e. The molecule has 3 aliphatic rings. The third-order valence-electron chi connectivity index (χ3n) is 10.4. The molecule has 2 aromatic carbocycles. The molecule has 10 nitrogen and oxygen atoms in total. The van der Waals surface area contributed by atoms with Gasteiger partial charge in [0.2, 0.25) is 11.8 Å². The van der Waals surface area contributed by atoms with E-state index < -0.39 is 6.04 Å². The Labute approximate surface area is 306 Å². The zero-order valence-electron chi connectivity index (χ0n) is 28.9. The lowest BCUT2D eigenvalue weighted by molar-refractivity contribution is -0.121. The molecule has 12 heteroatoms. The number of nitrogens with zero attached hydrogens (tertiary/aromatic N) is 6. The first-order valence-corrected chi connectivity index (χ1v) is 18.7. The quantitative estimate of drug-likeness (QED) is 0.176. The van der Waals surface area contributed by atoms with Crippen LogP contribution in [0, 0.1) is 26.7 Å². The van der Waals surface area contributed by atoms with Gasteiger partial charge in [0, 0.05) is 58.1 Å². The Kier molecular flexibility index (Phi) is 8.93. The van der Waals surface area contributed by atoms with Crippen molar-refractivity contribution in [2.45, 2.75) is 58.9 Å². The summed E-state index contributed by atoms with van der Waals surface area (Å²) in [5.41, 5.74) is 8.06. The lowest BCUT2D eigenvalue weighted by atomic mass is 9.93. The summed E-state index contributed by atoms with van der Waals surface area (Å²) in [6, 6.07) is 17.5. The predicted molar refractivity (Wildman–Crippen MR) is 202 cm³/mol. The van der Waals surface area contributed by atoms with E-state index in [1.54, 1.807) is 11.3 Å². The standard InChI is InChI=1S/C39H39ClN8O2S/c1-22-23(2)51-39-36(22)37(26-4-8-30(40)9-5-26)44-32(38-46-45-24(3)48(38)39)20-34(49)41-15-12-25-13-16-47(17-14-25)33-11-7-28(21-42-33)27-6-10-31-29(18-27)19-35(50)43-31/h4-11,18,21,25,32H,12-17,19-20H2,1-3H3,(H,41,49)(H,43,50)/t32-/m0/s1. The van der Waals surface area contributed by atoms with Crippen molar-refractivity contribution in [1.29, 1.82) is 0 Å². The molecule has 1 atom stereocenters. The Bertz CT molecular complexity index is 2160. The topological polar surface area (TPSA) is 117 Å². The Morgan fingerprint density at radius 3 is 2.53 bits per heavy atom. The molecule has 6 heterocycles. The van der Waals surface area contributed by atoms with E-state index >= 15 is 0 Å². The number of aliphatic imine (C=N–C) groups is 1. The number of halogens is 1. The van der Waals surface area contributed by atoms with Crippen LogP contribution in [-0.2, 0) is 16.0 Å². The van der Waals surface area contributed by atoms with E-state index in [4.69, 9.17) is 21.6 Å². The summed E-state index contributed by atoms with van der Waals surface area (Å²) in [7, 11) is 0. The molecule has 51 heavy (non-hydrogen) atoms. The highest BCUT2D eigenvalue weighted by atomic mass is 35.5. The van der Waals surface area contributed by atoms with Gasteiger partial charge in [0.15, 0.2) is 5.82 Å². The van der Waals surface area contributed by atoms with Crippen molar-refractivity contribution in [2.75, 3.05) is 29.9 Å². The number of pyridine rings is 1. The minimum Gasteiger partial charge on any atom is -0.357 e. The maximum absolute atomic E-state index is 13.5. The first-order valence-electron chi connectivity index (χ1n) is 17.5. The highest BCUT2D eigenvalue weighted by Gasteiger charge is 2.32. The van der Waals surface area contributed by atoms with Gasteiger partial charge in [-0.25, -0.2) is 4.98 Å². The lowest BCUT2D eigenvalue weighted by Gasteiger charge is -2.33. The second-order valence-corrected chi connectivity index (χ2v) is 15.3. The van der Waals surface area contributed by atoms with Crippen molar-refractivity contribution in [3.8, 4) is 16.1 Å². The van der Waals surface area contributed by atoms with Crippen molar-refractivity contribution < 1.29 is 9.59 Å². The van der Waals surface area contributed by atoms with Gasteiger partial charge in [0.1, 0.15) is 22.7 Å². The van der Waals surface area contributed by atoms with Gasteiger partial charge in [0.05, 0.1) is 18.6 Å². The van der Waals surface area contributed by atoms with Crippen LogP contribution in [0.5, 0.6) is 0 Å². The summed E-state index contributed by atoms with van der Waals surface area (Å²) in [6.45, 7) is 8.68. The fraction of sp³-hybridized carbons (Fsp3) is 0.333. The number of aryl methyl sites for hydroxylation is 2. The van der Waals surface area contributed by atoms with E-state index in [1.807, 2.05) is 49.5 Å². The van der Waals surface area contributed by atoms with Gasteiger partial charge >= 0.3 is 0 Å². The summed E-state index contributed by atoms with van der Waals surface area (Å²) in [4.78, 5) is 38.8. The molecule has 0 aliphatic carbocycles. The zero-order valence-corrected chi connectivity index (χ0v) is 30.4.